The third kappa shape index (κ3) is 3.57. The molecule has 0 amide bonds. The molecular formula is C16H25N. The first-order chi connectivity index (χ1) is 8.20. The minimum atomic E-state index is 0.585. The van der Waals surface area contributed by atoms with Crippen molar-refractivity contribution < 1.29 is 0 Å². The lowest BCUT2D eigenvalue weighted by Gasteiger charge is -2.22. The predicted octanol–water partition coefficient (Wildman–Crippen LogP) is 3.70. The zero-order valence-corrected chi connectivity index (χ0v) is 11.4. The molecule has 94 valence electrons. The van der Waals surface area contributed by atoms with Crippen molar-refractivity contribution in [2.24, 2.45) is 5.92 Å². The highest BCUT2D eigenvalue weighted by Gasteiger charge is 2.30. The molecule has 1 aromatic rings. The largest absolute Gasteiger partial charge is 0.311 e. The second-order valence-corrected chi connectivity index (χ2v) is 5.55. The maximum absolute atomic E-state index is 3.80. The molecule has 1 fully saturated rings. The molecule has 1 N–H and O–H groups in total. The normalized spacial score (nSPS) is 19.0. The molecule has 1 nitrogen and oxygen atoms in total. The van der Waals surface area contributed by atoms with Crippen LogP contribution in [0.2, 0.25) is 0 Å². The van der Waals surface area contributed by atoms with Gasteiger partial charge in [0.05, 0.1) is 0 Å². The van der Waals surface area contributed by atoms with Gasteiger partial charge in [-0.05, 0) is 56.6 Å². The number of nitrogens with one attached hydrogen (secondary N) is 1. The Kier molecular flexibility index (Phi) is 4.22. The van der Waals surface area contributed by atoms with Crippen LogP contribution in [0.4, 0.5) is 0 Å². The Hall–Kier alpha value is -0.820. The van der Waals surface area contributed by atoms with Crippen molar-refractivity contribution in [1.82, 2.24) is 5.32 Å². The van der Waals surface area contributed by atoms with E-state index in [1.165, 1.54) is 30.4 Å². The van der Waals surface area contributed by atoms with Crippen LogP contribution in [0.3, 0.4) is 0 Å². The van der Waals surface area contributed by atoms with Crippen molar-refractivity contribution in [2.45, 2.75) is 58.5 Å². The van der Waals surface area contributed by atoms with Gasteiger partial charge >= 0.3 is 0 Å². The van der Waals surface area contributed by atoms with Crippen LogP contribution in [0, 0.1) is 12.8 Å². The topological polar surface area (TPSA) is 12.0 Å². The summed E-state index contributed by atoms with van der Waals surface area (Å²) in [5, 5.41) is 3.80. The minimum absolute atomic E-state index is 0.585. The van der Waals surface area contributed by atoms with E-state index in [2.05, 4.69) is 50.4 Å². The quantitative estimate of drug-likeness (QED) is 0.787. The van der Waals surface area contributed by atoms with Gasteiger partial charge in [-0.2, -0.15) is 0 Å². The maximum atomic E-state index is 3.80. The molecule has 1 heteroatoms. The first-order valence-corrected chi connectivity index (χ1v) is 7.01. The molecule has 0 spiro atoms. The van der Waals surface area contributed by atoms with Crippen molar-refractivity contribution in [3.63, 3.8) is 0 Å². The molecule has 1 aliphatic carbocycles. The van der Waals surface area contributed by atoms with Crippen LogP contribution in [0.1, 0.15) is 44.2 Å². The Morgan fingerprint density at radius 2 is 2.00 bits per heavy atom. The van der Waals surface area contributed by atoms with Gasteiger partial charge in [0.15, 0.2) is 0 Å². The van der Waals surface area contributed by atoms with Crippen molar-refractivity contribution in [2.75, 3.05) is 0 Å². The second-order valence-electron chi connectivity index (χ2n) is 5.55. The molecule has 0 bridgehead atoms. The Labute approximate surface area is 106 Å². The number of rotatable bonds is 6. The minimum Gasteiger partial charge on any atom is -0.311 e. The van der Waals surface area contributed by atoms with Crippen LogP contribution >= 0.6 is 0 Å². The fourth-order valence-electron chi connectivity index (χ4n) is 2.68. The third-order valence-electron chi connectivity index (χ3n) is 3.92. The van der Waals surface area contributed by atoms with Crippen LogP contribution in [0.15, 0.2) is 24.3 Å². The molecule has 0 radical (unpaired) electrons. The van der Waals surface area contributed by atoms with E-state index >= 15 is 0 Å². The Bertz CT molecular complexity index is 354. The van der Waals surface area contributed by atoms with Gasteiger partial charge in [-0.25, -0.2) is 0 Å². The Morgan fingerprint density at radius 1 is 1.29 bits per heavy atom. The number of hydrogen-bond donors (Lipinski definition) is 1. The highest BCUT2D eigenvalue weighted by molar-refractivity contribution is 5.26. The molecule has 2 rings (SSSR count). The number of hydrogen-bond acceptors (Lipinski definition) is 1. The molecule has 1 saturated carbocycles. The van der Waals surface area contributed by atoms with Gasteiger partial charge in [0, 0.05) is 12.1 Å². The van der Waals surface area contributed by atoms with Crippen LogP contribution < -0.4 is 5.32 Å². The fourth-order valence-corrected chi connectivity index (χ4v) is 2.68. The monoisotopic (exact) mass is 231 g/mol. The molecule has 17 heavy (non-hydrogen) atoms. The fraction of sp³-hybridized carbons (Fsp3) is 0.625. The van der Waals surface area contributed by atoms with E-state index in [-0.39, 0.29) is 0 Å². The second kappa shape index (κ2) is 5.68. The molecule has 0 aromatic heterocycles. The summed E-state index contributed by atoms with van der Waals surface area (Å²) in [6, 6.07) is 10.1. The van der Waals surface area contributed by atoms with Gasteiger partial charge in [-0.1, -0.05) is 31.2 Å². The number of aryl methyl sites for hydroxylation is 1. The summed E-state index contributed by atoms with van der Waals surface area (Å²) in [5.41, 5.74) is 2.90. The molecular weight excluding hydrogens is 206 g/mol. The lowest BCUT2D eigenvalue weighted by atomic mass is 10.0. The summed E-state index contributed by atoms with van der Waals surface area (Å²) < 4.78 is 0. The van der Waals surface area contributed by atoms with Crippen molar-refractivity contribution in [1.29, 1.82) is 0 Å². The summed E-state index contributed by atoms with van der Waals surface area (Å²) in [5.74, 6) is 0.958. The van der Waals surface area contributed by atoms with E-state index in [9.17, 15) is 0 Å². The lowest BCUT2D eigenvalue weighted by Crippen LogP contribution is -2.38. The SMILES string of the molecule is CCC(NC(C)Cc1ccccc1C)C1CC1. The zero-order valence-electron chi connectivity index (χ0n) is 11.4. The third-order valence-corrected chi connectivity index (χ3v) is 3.92. The van der Waals surface area contributed by atoms with E-state index in [1.807, 2.05) is 0 Å². The Balaban J connectivity index is 1.88. The van der Waals surface area contributed by atoms with E-state index in [1.54, 1.807) is 0 Å². The molecule has 0 heterocycles. The first kappa shape index (κ1) is 12.6. The molecule has 1 aliphatic rings. The molecule has 1 aromatic carbocycles. The molecule has 2 atom stereocenters. The summed E-state index contributed by atoms with van der Waals surface area (Å²) in [7, 11) is 0. The van der Waals surface area contributed by atoms with E-state index in [4.69, 9.17) is 0 Å². The summed E-state index contributed by atoms with van der Waals surface area (Å²) >= 11 is 0. The standard InChI is InChI=1S/C16H25N/c1-4-16(14-9-10-14)17-13(3)11-15-8-6-5-7-12(15)2/h5-8,13-14,16-17H,4,9-11H2,1-3H3. The number of benzene rings is 1. The van der Waals surface area contributed by atoms with Gasteiger partial charge in [0.25, 0.3) is 0 Å². The van der Waals surface area contributed by atoms with Crippen molar-refractivity contribution in [3.05, 3.63) is 35.4 Å². The van der Waals surface area contributed by atoms with Crippen molar-refractivity contribution >= 4 is 0 Å². The van der Waals surface area contributed by atoms with Crippen LogP contribution in [-0.4, -0.2) is 12.1 Å². The summed E-state index contributed by atoms with van der Waals surface area (Å²) in [6.07, 6.45) is 5.28. The first-order valence-electron chi connectivity index (χ1n) is 7.01. The van der Waals surface area contributed by atoms with Crippen LogP contribution in [-0.2, 0) is 6.42 Å². The zero-order chi connectivity index (χ0) is 12.3. The van der Waals surface area contributed by atoms with Gasteiger partial charge < -0.3 is 5.32 Å². The average molecular weight is 231 g/mol. The smallest absolute Gasteiger partial charge is 0.00953 e. The Morgan fingerprint density at radius 3 is 2.59 bits per heavy atom. The highest BCUT2D eigenvalue weighted by atomic mass is 15.0. The van der Waals surface area contributed by atoms with Gasteiger partial charge in [0.1, 0.15) is 0 Å². The summed E-state index contributed by atoms with van der Waals surface area (Å²) in [4.78, 5) is 0. The molecule has 0 saturated heterocycles. The van der Waals surface area contributed by atoms with E-state index < -0.39 is 0 Å². The van der Waals surface area contributed by atoms with Crippen molar-refractivity contribution in [3.8, 4) is 0 Å². The average Bonchev–Trinajstić information content (AvgIpc) is 3.13. The molecule has 2 unspecified atom stereocenters. The predicted molar refractivity (Wildman–Crippen MR) is 74.3 cm³/mol. The van der Waals surface area contributed by atoms with Gasteiger partial charge in [-0.15, -0.1) is 0 Å². The lowest BCUT2D eigenvalue weighted by molar-refractivity contribution is 0.396. The highest BCUT2D eigenvalue weighted by Crippen LogP contribution is 2.34. The maximum Gasteiger partial charge on any atom is 0.00953 e. The summed E-state index contributed by atoms with van der Waals surface area (Å²) in [6.45, 7) is 6.83. The van der Waals surface area contributed by atoms with Crippen LogP contribution in [0.25, 0.3) is 0 Å². The van der Waals surface area contributed by atoms with E-state index in [0.29, 0.717) is 6.04 Å². The van der Waals surface area contributed by atoms with Crippen LogP contribution in [0.5, 0.6) is 0 Å². The molecule has 0 aliphatic heterocycles. The van der Waals surface area contributed by atoms with Gasteiger partial charge in [-0.3, -0.25) is 0 Å². The van der Waals surface area contributed by atoms with E-state index in [0.717, 1.165) is 18.4 Å². The van der Waals surface area contributed by atoms with Gasteiger partial charge in [0.2, 0.25) is 0 Å².